The number of benzene rings is 2. The molecule has 0 spiro atoms. The largest absolute Gasteiger partial charge is 0.493 e. The number of fused-ring (bicyclic) bond motifs is 1. The molecule has 0 saturated carbocycles. The summed E-state index contributed by atoms with van der Waals surface area (Å²) >= 11 is 0. The van der Waals surface area contributed by atoms with Crippen LogP contribution in [0.25, 0.3) is 22.3 Å². The quantitative estimate of drug-likeness (QED) is 0.621. The van der Waals surface area contributed by atoms with Crippen molar-refractivity contribution in [3.05, 3.63) is 52.8 Å². The Bertz CT molecular complexity index is 1100. The fourth-order valence-electron chi connectivity index (χ4n) is 2.51. The lowest BCUT2D eigenvalue weighted by Crippen LogP contribution is -2.45. The number of aromatic amines is 1. The van der Waals surface area contributed by atoms with Crippen LogP contribution >= 0.6 is 0 Å². The van der Waals surface area contributed by atoms with E-state index < -0.39 is 35.5 Å². The number of rotatable bonds is 5. The summed E-state index contributed by atoms with van der Waals surface area (Å²) in [5, 5.41) is 0.323. The first-order chi connectivity index (χ1) is 13.5. The van der Waals surface area contributed by atoms with Gasteiger partial charge in [-0.15, -0.1) is 0 Å². The SMILES string of the molecule is COc1cc(-c2nc3ccccc3c(=O)[nH]2)ccc1OC(F)(F)C(F)C(F)(F)F. The molecule has 2 aromatic carbocycles. The van der Waals surface area contributed by atoms with Crippen LogP contribution < -0.4 is 15.0 Å². The number of alkyl halides is 6. The van der Waals surface area contributed by atoms with Gasteiger partial charge in [0.1, 0.15) is 5.82 Å². The number of H-pyrrole nitrogens is 1. The van der Waals surface area contributed by atoms with E-state index in [0.717, 1.165) is 25.3 Å². The van der Waals surface area contributed by atoms with Crippen LogP contribution in [0, 0.1) is 0 Å². The molecule has 0 amide bonds. The Kier molecular flexibility index (Phi) is 5.16. The normalized spacial score (nSPS) is 13.3. The van der Waals surface area contributed by atoms with Gasteiger partial charge in [0.15, 0.2) is 11.5 Å². The molecular formula is C18H12F6N2O3. The first-order valence-electron chi connectivity index (χ1n) is 7.98. The van der Waals surface area contributed by atoms with Crippen LogP contribution in [0.4, 0.5) is 26.3 Å². The second-order valence-electron chi connectivity index (χ2n) is 5.87. The van der Waals surface area contributed by atoms with Crippen LogP contribution in [0.15, 0.2) is 47.3 Å². The number of nitrogens with one attached hydrogen (secondary N) is 1. The summed E-state index contributed by atoms with van der Waals surface area (Å²) in [6.07, 6.45) is -15.5. The van der Waals surface area contributed by atoms with Crippen LogP contribution in [0.1, 0.15) is 0 Å². The molecule has 29 heavy (non-hydrogen) atoms. The Balaban J connectivity index is 1.99. The third-order valence-electron chi connectivity index (χ3n) is 3.88. The van der Waals surface area contributed by atoms with E-state index in [1.165, 1.54) is 0 Å². The Morgan fingerprint density at radius 3 is 2.38 bits per heavy atom. The van der Waals surface area contributed by atoms with Crippen molar-refractivity contribution in [2.24, 2.45) is 0 Å². The maximum atomic E-state index is 13.5. The molecule has 0 aliphatic heterocycles. The Morgan fingerprint density at radius 2 is 1.72 bits per heavy atom. The molecule has 3 aromatic rings. The summed E-state index contributed by atoms with van der Waals surface area (Å²) in [6, 6.07) is 9.57. The van der Waals surface area contributed by atoms with Crippen molar-refractivity contribution in [2.75, 3.05) is 7.11 Å². The Hall–Kier alpha value is -3.24. The minimum atomic E-state index is -5.81. The van der Waals surface area contributed by atoms with Crippen LogP contribution in [0.2, 0.25) is 0 Å². The standard InChI is InChI=1S/C18H12F6N2O3/c1-28-13-8-9(14-25-11-5-3-2-4-10(11)15(27)26-14)6-7-12(13)29-18(23,24)16(19)17(20,21)22/h2-8,16H,1H3,(H,25,26,27). The molecule has 5 nitrogen and oxygen atoms in total. The van der Waals surface area contributed by atoms with E-state index in [1.54, 1.807) is 24.3 Å². The number of hydrogen-bond donors (Lipinski definition) is 1. The lowest BCUT2D eigenvalue weighted by Gasteiger charge is -2.24. The van der Waals surface area contributed by atoms with E-state index in [4.69, 9.17) is 4.74 Å². The van der Waals surface area contributed by atoms with Gasteiger partial charge in [-0.2, -0.15) is 22.0 Å². The molecule has 0 saturated heterocycles. The highest BCUT2D eigenvalue weighted by Crippen LogP contribution is 2.40. The van der Waals surface area contributed by atoms with Gasteiger partial charge in [-0.25, -0.2) is 9.37 Å². The summed E-state index contributed by atoms with van der Waals surface area (Å²) < 4.78 is 85.7. The minimum Gasteiger partial charge on any atom is -0.493 e. The molecule has 0 bridgehead atoms. The van der Waals surface area contributed by atoms with Gasteiger partial charge >= 0.3 is 12.3 Å². The van der Waals surface area contributed by atoms with E-state index >= 15 is 0 Å². The van der Waals surface area contributed by atoms with Gasteiger partial charge in [-0.1, -0.05) is 12.1 Å². The molecule has 1 atom stereocenters. The van der Waals surface area contributed by atoms with E-state index in [9.17, 15) is 31.1 Å². The number of ether oxygens (including phenoxy) is 2. The molecule has 0 aliphatic carbocycles. The summed E-state index contributed by atoms with van der Waals surface area (Å²) in [4.78, 5) is 18.9. The highest BCUT2D eigenvalue weighted by atomic mass is 19.4. The van der Waals surface area contributed by atoms with E-state index in [2.05, 4.69) is 14.7 Å². The minimum absolute atomic E-state index is 0.0592. The zero-order chi connectivity index (χ0) is 21.4. The van der Waals surface area contributed by atoms with Gasteiger partial charge in [0.05, 0.1) is 18.0 Å². The molecule has 11 heteroatoms. The average Bonchev–Trinajstić information content (AvgIpc) is 2.66. The van der Waals surface area contributed by atoms with Crippen LogP contribution in [-0.2, 0) is 0 Å². The summed E-state index contributed by atoms with van der Waals surface area (Å²) in [7, 11) is 1.05. The zero-order valence-corrected chi connectivity index (χ0v) is 14.6. The van der Waals surface area contributed by atoms with Gasteiger partial charge < -0.3 is 14.5 Å². The van der Waals surface area contributed by atoms with E-state index in [1.807, 2.05) is 0 Å². The van der Waals surface area contributed by atoms with Crippen LogP contribution in [-0.4, -0.2) is 35.5 Å². The maximum absolute atomic E-state index is 13.5. The number of para-hydroxylation sites is 1. The Labute approximate surface area is 158 Å². The van der Waals surface area contributed by atoms with Crippen LogP contribution in [0.3, 0.4) is 0 Å². The van der Waals surface area contributed by atoms with Crippen molar-refractivity contribution >= 4 is 10.9 Å². The van der Waals surface area contributed by atoms with Crippen LogP contribution in [0.5, 0.6) is 11.5 Å². The monoisotopic (exact) mass is 418 g/mol. The second-order valence-corrected chi connectivity index (χ2v) is 5.87. The molecular weight excluding hydrogens is 406 g/mol. The molecule has 0 radical (unpaired) electrons. The summed E-state index contributed by atoms with van der Waals surface area (Å²) in [5.41, 5.74) is 0.109. The smallest absolute Gasteiger partial charge is 0.439 e. The van der Waals surface area contributed by atoms with Gasteiger partial charge in [0.25, 0.3) is 11.7 Å². The van der Waals surface area contributed by atoms with Crippen molar-refractivity contribution in [2.45, 2.75) is 18.5 Å². The van der Waals surface area contributed by atoms with E-state index in [0.29, 0.717) is 10.9 Å². The second kappa shape index (κ2) is 7.30. The third kappa shape index (κ3) is 4.13. The highest BCUT2D eigenvalue weighted by Gasteiger charge is 2.59. The number of nitrogens with zero attached hydrogens (tertiary/aromatic N) is 1. The van der Waals surface area contributed by atoms with E-state index in [-0.39, 0.29) is 11.4 Å². The van der Waals surface area contributed by atoms with Crippen molar-refractivity contribution in [3.8, 4) is 22.9 Å². The molecule has 1 unspecified atom stereocenters. The molecule has 0 aliphatic rings. The molecule has 1 aromatic heterocycles. The molecule has 1 heterocycles. The zero-order valence-electron chi connectivity index (χ0n) is 14.6. The topological polar surface area (TPSA) is 64.2 Å². The molecule has 3 rings (SSSR count). The Morgan fingerprint density at radius 1 is 1.03 bits per heavy atom. The fraction of sp³-hybridized carbons (Fsp3) is 0.222. The van der Waals surface area contributed by atoms with Crippen molar-refractivity contribution in [1.29, 1.82) is 0 Å². The number of methoxy groups -OCH3 is 1. The fourth-order valence-corrected chi connectivity index (χ4v) is 2.51. The predicted octanol–water partition coefficient (Wildman–Crippen LogP) is 4.47. The molecule has 1 N–H and O–H groups in total. The van der Waals surface area contributed by atoms with Gasteiger partial charge in [-0.05, 0) is 30.3 Å². The number of halogens is 6. The lowest BCUT2D eigenvalue weighted by atomic mass is 10.1. The van der Waals surface area contributed by atoms with Crippen molar-refractivity contribution in [3.63, 3.8) is 0 Å². The van der Waals surface area contributed by atoms with Crippen molar-refractivity contribution in [1.82, 2.24) is 9.97 Å². The van der Waals surface area contributed by atoms with Gasteiger partial charge in [0, 0.05) is 5.56 Å². The van der Waals surface area contributed by atoms with Crippen molar-refractivity contribution < 1.29 is 35.8 Å². The third-order valence-corrected chi connectivity index (χ3v) is 3.88. The number of aromatic nitrogens is 2. The average molecular weight is 418 g/mol. The summed E-state index contributed by atoms with van der Waals surface area (Å²) in [5.74, 6) is -1.17. The highest BCUT2D eigenvalue weighted by molar-refractivity contribution is 5.79. The predicted molar refractivity (Wildman–Crippen MR) is 90.9 cm³/mol. The lowest BCUT2D eigenvalue weighted by molar-refractivity contribution is -0.305. The molecule has 154 valence electrons. The first kappa shape index (κ1) is 20.5. The first-order valence-corrected chi connectivity index (χ1v) is 7.98. The van der Waals surface area contributed by atoms with Gasteiger partial charge in [-0.3, -0.25) is 4.79 Å². The molecule has 0 fully saturated rings. The number of hydrogen-bond acceptors (Lipinski definition) is 4. The van der Waals surface area contributed by atoms with Gasteiger partial charge in [0.2, 0.25) is 0 Å². The maximum Gasteiger partial charge on any atom is 0.439 e. The summed E-state index contributed by atoms with van der Waals surface area (Å²) in [6.45, 7) is 0.